The quantitative estimate of drug-likeness (QED) is 0.225. The number of Topliss-reactive ketones (excluding diaryl/α,β-unsaturated/α-hetero) is 2. The number of rotatable bonds is 7. The Morgan fingerprint density at radius 2 is 1.88 bits per heavy atom. The number of ketones is 2. The summed E-state index contributed by atoms with van der Waals surface area (Å²) in [7, 11) is 4.59. The highest BCUT2D eigenvalue weighted by atomic mass is 16.5. The molecule has 0 radical (unpaired) electrons. The van der Waals surface area contributed by atoms with Crippen LogP contribution in [0.25, 0.3) is 0 Å². The van der Waals surface area contributed by atoms with Crippen LogP contribution in [0, 0.1) is 17.3 Å². The molecule has 3 aliphatic rings. The van der Waals surface area contributed by atoms with E-state index in [1.807, 2.05) is 20.8 Å². The minimum absolute atomic E-state index is 0.0191. The molecule has 1 amide bonds. The summed E-state index contributed by atoms with van der Waals surface area (Å²) >= 11 is 0. The van der Waals surface area contributed by atoms with Gasteiger partial charge in [-0.3, -0.25) is 19.3 Å². The lowest BCUT2D eigenvalue weighted by molar-refractivity contribution is -0.148. The van der Waals surface area contributed by atoms with E-state index < -0.39 is 58.0 Å². The summed E-state index contributed by atoms with van der Waals surface area (Å²) in [5.41, 5.74) is 2.15. The number of primary amides is 1. The van der Waals surface area contributed by atoms with Gasteiger partial charge < -0.3 is 41.3 Å². The van der Waals surface area contributed by atoms with Crippen LogP contribution in [-0.2, 0) is 22.6 Å². The molecule has 4 rings (SSSR count). The molecule has 0 bridgehead atoms. The number of benzene rings is 1. The average Bonchev–Trinajstić information content (AvgIpc) is 2.85. The summed E-state index contributed by atoms with van der Waals surface area (Å²) in [6.45, 7) is 6.02. The molecule has 5 atom stereocenters. The lowest BCUT2D eigenvalue weighted by Gasteiger charge is -2.50. The van der Waals surface area contributed by atoms with E-state index in [9.17, 15) is 39.9 Å². The minimum Gasteiger partial charge on any atom is -0.510 e. The van der Waals surface area contributed by atoms with Gasteiger partial charge in [0.15, 0.2) is 11.4 Å². The second kappa shape index (κ2) is 10.4. The number of likely N-dealkylation sites (N-methyl/N-ethyl adjacent to an activating group) is 1. The van der Waals surface area contributed by atoms with E-state index in [2.05, 4.69) is 5.32 Å². The number of aromatic hydroxyl groups is 1. The van der Waals surface area contributed by atoms with Crippen LogP contribution in [0.5, 0.6) is 11.5 Å². The molecule has 3 aliphatic carbocycles. The average molecular weight is 574 g/mol. The number of aliphatic hydroxyl groups excluding tert-OH is 3. The van der Waals surface area contributed by atoms with Gasteiger partial charge in [-0.05, 0) is 44.3 Å². The minimum atomic E-state index is -2.69. The first-order valence-electron chi connectivity index (χ1n) is 13.4. The predicted molar refractivity (Wildman–Crippen MR) is 147 cm³/mol. The third kappa shape index (κ3) is 4.58. The number of fused-ring (bicyclic) bond motifs is 3. The van der Waals surface area contributed by atoms with Crippen LogP contribution in [0.2, 0.25) is 0 Å². The van der Waals surface area contributed by atoms with Crippen LogP contribution in [0.15, 0.2) is 28.7 Å². The molecule has 224 valence electrons. The van der Waals surface area contributed by atoms with E-state index in [0.29, 0.717) is 16.9 Å². The van der Waals surface area contributed by atoms with Gasteiger partial charge in [0.1, 0.15) is 28.6 Å². The molecule has 0 spiro atoms. The molecule has 12 nitrogen and oxygen atoms in total. The first-order valence-corrected chi connectivity index (χ1v) is 13.4. The van der Waals surface area contributed by atoms with E-state index >= 15 is 0 Å². The number of nitrogens with zero attached hydrogens (tertiary/aromatic N) is 1. The Morgan fingerprint density at radius 3 is 2.39 bits per heavy atom. The number of carbonyl (C=O) groups is 3. The maximum atomic E-state index is 13.9. The number of hydrogen-bond acceptors (Lipinski definition) is 11. The monoisotopic (exact) mass is 573 g/mol. The van der Waals surface area contributed by atoms with Gasteiger partial charge in [0, 0.05) is 35.2 Å². The van der Waals surface area contributed by atoms with Crippen LogP contribution in [0.3, 0.4) is 0 Å². The number of phenolic OH excluding ortho intramolecular Hbond substituents is 1. The highest BCUT2D eigenvalue weighted by Gasteiger charge is 2.63. The van der Waals surface area contributed by atoms with E-state index in [0.717, 1.165) is 0 Å². The van der Waals surface area contributed by atoms with Gasteiger partial charge in [0.05, 0.1) is 25.3 Å². The number of allylic oxidation sites excluding steroid dienone is 1. The molecular formula is C29H39N3O9. The summed E-state index contributed by atoms with van der Waals surface area (Å²) in [6, 6.07) is 0.0315. The third-order valence-electron chi connectivity index (χ3n) is 8.72. The topological polar surface area (TPSA) is 203 Å². The molecule has 0 aromatic heterocycles. The Hall–Kier alpha value is -3.45. The Bertz CT molecular complexity index is 1370. The Balaban J connectivity index is 1.85. The molecule has 0 fully saturated rings. The van der Waals surface area contributed by atoms with E-state index in [-0.39, 0.29) is 54.3 Å². The van der Waals surface area contributed by atoms with Crippen molar-refractivity contribution < 1.29 is 44.7 Å². The fourth-order valence-electron chi connectivity index (χ4n) is 6.63. The van der Waals surface area contributed by atoms with Crippen molar-refractivity contribution in [3.8, 4) is 11.5 Å². The number of methoxy groups -OCH3 is 1. The molecular weight excluding hydrogens is 534 g/mol. The highest BCUT2D eigenvalue weighted by molar-refractivity contribution is 6.24. The number of amides is 1. The van der Waals surface area contributed by atoms with Crippen LogP contribution < -0.4 is 15.8 Å². The SMILES string of the molecule is COc1c(CN[C@H](CO)C(C)(C)C)cc(O)c2c1C[C@H]1C[C@H]3[C@H](N(C)C)C(O)=C(C(N)=O)C(=O)[C@@]3(O)C(O)=C1C2=O. The van der Waals surface area contributed by atoms with Gasteiger partial charge in [-0.1, -0.05) is 20.8 Å². The van der Waals surface area contributed by atoms with Crippen LogP contribution >= 0.6 is 0 Å². The molecule has 0 saturated carbocycles. The van der Waals surface area contributed by atoms with E-state index in [1.54, 1.807) is 14.1 Å². The highest BCUT2D eigenvalue weighted by Crippen LogP contribution is 2.53. The fourth-order valence-corrected chi connectivity index (χ4v) is 6.63. The van der Waals surface area contributed by atoms with Crippen molar-refractivity contribution in [3.63, 3.8) is 0 Å². The number of nitrogens with two attached hydrogens (primary N) is 1. The molecule has 0 heterocycles. The van der Waals surface area contributed by atoms with Gasteiger partial charge in [-0.2, -0.15) is 0 Å². The summed E-state index contributed by atoms with van der Waals surface area (Å²) in [5, 5.41) is 58.1. The van der Waals surface area contributed by atoms with E-state index in [1.165, 1.54) is 18.1 Å². The molecule has 12 heteroatoms. The van der Waals surface area contributed by atoms with E-state index in [4.69, 9.17) is 10.5 Å². The third-order valence-corrected chi connectivity index (χ3v) is 8.72. The van der Waals surface area contributed by atoms with Crippen LogP contribution in [-0.4, -0.2) is 93.4 Å². The molecule has 41 heavy (non-hydrogen) atoms. The second-order valence-corrected chi connectivity index (χ2v) is 12.4. The zero-order chi connectivity index (χ0) is 30.8. The van der Waals surface area contributed by atoms with Crippen LogP contribution in [0.1, 0.15) is 48.7 Å². The lowest BCUT2D eigenvalue weighted by atomic mass is 9.58. The fraction of sp³-hybridized carbons (Fsp3) is 0.552. The summed E-state index contributed by atoms with van der Waals surface area (Å²) < 4.78 is 5.71. The number of phenols is 1. The molecule has 1 aromatic rings. The number of nitrogens with one attached hydrogen (secondary N) is 1. The maximum absolute atomic E-state index is 13.9. The number of hydrogen-bond donors (Lipinski definition) is 7. The maximum Gasteiger partial charge on any atom is 0.255 e. The van der Waals surface area contributed by atoms with Crippen molar-refractivity contribution in [2.75, 3.05) is 27.8 Å². The van der Waals surface area contributed by atoms with Gasteiger partial charge in [-0.15, -0.1) is 0 Å². The Morgan fingerprint density at radius 1 is 1.24 bits per heavy atom. The summed E-state index contributed by atoms with van der Waals surface area (Å²) in [6.07, 6.45) is 0.0938. The number of ether oxygens (including phenoxy) is 1. The predicted octanol–water partition coefficient (Wildman–Crippen LogP) is 0.626. The molecule has 8 N–H and O–H groups in total. The Labute approximate surface area is 238 Å². The number of carbonyl (C=O) groups excluding carboxylic acids is 3. The van der Waals surface area contributed by atoms with Crippen molar-refractivity contribution in [2.45, 2.75) is 57.8 Å². The smallest absolute Gasteiger partial charge is 0.255 e. The largest absolute Gasteiger partial charge is 0.510 e. The van der Waals surface area contributed by atoms with Gasteiger partial charge in [-0.25, -0.2) is 0 Å². The molecule has 0 aliphatic heterocycles. The first kappa shape index (κ1) is 30.5. The van der Waals surface area contributed by atoms with Crippen LogP contribution in [0.4, 0.5) is 0 Å². The van der Waals surface area contributed by atoms with Crippen molar-refractivity contribution >= 4 is 17.5 Å². The van der Waals surface area contributed by atoms with Crippen molar-refractivity contribution in [2.24, 2.45) is 23.0 Å². The van der Waals surface area contributed by atoms with Crippen molar-refractivity contribution in [1.29, 1.82) is 0 Å². The lowest BCUT2D eigenvalue weighted by Crippen LogP contribution is -2.63. The van der Waals surface area contributed by atoms with Gasteiger partial charge in [0.2, 0.25) is 5.78 Å². The standard InChI is InChI=1S/C29H39N3O9/c1-28(2,3)17(11-33)31-10-13-9-16(34)19-14(24(13)41-6)7-12-8-15-21(32(4)5)23(36)20(27(30)39)26(38)29(15,40)25(37)18(12)22(19)35/h9,12,15,17,21,31,33-34,36-37,40H,7-8,10-11H2,1-6H3,(H2,30,39)/t12-,15-,17+,21-,29-/m0/s1. The summed E-state index contributed by atoms with van der Waals surface area (Å²) in [4.78, 5) is 40.9. The molecule has 0 saturated heterocycles. The zero-order valence-electron chi connectivity index (χ0n) is 24.1. The summed E-state index contributed by atoms with van der Waals surface area (Å²) in [5.74, 6) is -6.73. The normalized spacial score (nSPS) is 27.0. The molecule has 0 unspecified atom stereocenters. The van der Waals surface area contributed by atoms with Crippen molar-refractivity contribution in [1.82, 2.24) is 10.2 Å². The van der Waals surface area contributed by atoms with Gasteiger partial charge >= 0.3 is 0 Å². The number of aliphatic hydroxyl groups is 4. The first-order chi connectivity index (χ1) is 19.0. The Kier molecular flexibility index (Phi) is 7.76. The molecule has 1 aromatic carbocycles. The van der Waals surface area contributed by atoms with Gasteiger partial charge in [0.25, 0.3) is 5.91 Å². The second-order valence-electron chi connectivity index (χ2n) is 12.4. The van der Waals surface area contributed by atoms with Crippen molar-refractivity contribution in [3.05, 3.63) is 45.4 Å². The zero-order valence-corrected chi connectivity index (χ0v) is 24.1.